The first-order chi connectivity index (χ1) is 20.0. The van der Waals surface area contributed by atoms with E-state index in [1.807, 2.05) is 45.0 Å². The predicted molar refractivity (Wildman–Crippen MR) is 162 cm³/mol. The van der Waals surface area contributed by atoms with Gasteiger partial charge in [0.2, 0.25) is 0 Å². The first-order valence-electron chi connectivity index (χ1n) is 13.5. The van der Waals surface area contributed by atoms with Crippen molar-refractivity contribution >= 4 is 28.9 Å². The van der Waals surface area contributed by atoms with Crippen molar-refractivity contribution in [1.82, 2.24) is 4.98 Å². The Bertz CT molecular complexity index is 1670. The fraction of sp³-hybridized carbons (Fsp3) is 0.242. The van der Waals surface area contributed by atoms with E-state index in [0.717, 1.165) is 27.9 Å². The Morgan fingerprint density at radius 1 is 1.02 bits per heavy atom. The summed E-state index contributed by atoms with van der Waals surface area (Å²) in [6.45, 7) is 5.58. The van der Waals surface area contributed by atoms with E-state index in [4.69, 9.17) is 9.47 Å². The van der Waals surface area contributed by atoms with Crippen LogP contribution in [-0.2, 0) is 11.4 Å². The Balaban J connectivity index is 1.60. The highest BCUT2D eigenvalue weighted by molar-refractivity contribution is 6.09. The number of pyridine rings is 1. The number of anilines is 3. The van der Waals surface area contributed by atoms with Crippen molar-refractivity contribution in [3.05, 3.63) is 95.6 Å². The molecular formula is C33H33FN4O4. The largest absolute Gasteiger partial charge is 0.496 e. The number of carbonyl (C=O) groups is 2. The normalized spacial score (nSPS) is 13.7. The van der Waals surface area contributed by atoms with Gasteiger partial charge in [-0.05, 0) is 68.3 Å². The molecule has 1 aliphatic heterocycles. The molecule has 0 saturated heterocycles. The topological polar surface area (TPSA) is 84.0 Å². The van der Waals surface area contributed by atoms with Crippen LogP contribution in [0.15, 0.2) is 73.1 Å². The van der Waals surface area contributed by atoms with Gasteiger partial charge >= 0.3 is 0 Å². The van der Waals surface area contributed by atoms with Crippen LogP contribution in [0.3, 0.4) is 0 Å². The molecule has 4 aromatic rings. The van der Waals surface area contributed by atoms with Crippen LogP contribution in [0.2, 0.25) is 0 Å². The zero-order valence-corrected chi connectivity index (χ0v) is 24.5. The second kappa shape index (κ2) is 11.2. The number of fused-ring (bicyclic) bond motifs is 1. The molecule has 5 rings (SSSR count). The number of hydrogen-bond acceptors (Lipinski definition) is 6. The van der Waals surface area contributed by atoms with Crippen molar-refractivity contribution in [1.29, 1.82) is 0 Å². The number of halogens is 1. The van der Waals surface area contributed by atoms with Gasteiger partial charge < -0.3 is 24.6 Å². The summed E-state index contributed by atoms with van der Waals surface area (Å²) in [5.74, 6) is 0.255. The monoisotopic (exact) mass is 568 g/mol. The van der Waals surface area contributed by atoms with Crippen LogP contribution in [-0.4, -0.2) is 43.5 Å². The molecular weight excluding hydrogens is 535 g/mol. The van der Waals surface area contributed by atoms with Crippen LogP contribution in [0, 0.1) is 12.7 Å². The fourth-order valence-corrected chi connectivity index (χ4v) is 5.23. The van der Waals surface area contributed by atoms with Crippen molar-refractivity contribution in [3.8, 4) is 22.6 Å². The van der Waals surface area contributed by atoms with Crippen LogP contribution in [0.25, 0.3) is 11.1 Å². The van der Waals surface area contributed by atoms with Crippen LogP contribution in [0.1, 0.15) is 35.3 Å². The lowest BCUT2D eigenvalue weighted by atomic mass is 9.91. The first kappa shape index (κ1) is 28.6. The number of nitrogens with one attached hydrogen (secondary N) is 1. The molecule has 0 bridgehead atoms. The molecule has 2 amide bonds. The number of ether oxygens (including phenoxy) is 2. The Labute approximate surface area is 244 Å². The van der Waals surface area contributed by atoms with Gasteiger partial charge in [-0.15, -0.1) is 0 Å². The van der Waals surface area contributed by atoms with E-state index in [1.54, 1.807) is 67.7 Å². The number of aryl methyl sites for hydroxylation is 1. The summed E-state index contributed by atoms with van der Waals surface area (Å²) < 4.78 is 26.1. The summed E-state index contributed by atoms with van der Waals surface area (Å²) in [4.78, 5) is 33.6. The maximum atomic E-state index is 14.1. The van der Waals surface area contributed by atoms with Gasteiger partial charge in [-0.25, -0.2) is 4.39 Å². The smallest absolute Gasteiger partial charge is 0.258 e. The van der Waals surface area contributed by atoms with Gasteiger partial charge in [0.1, 0.15) is 29.5 Å². The van der Waals surface area contributed by atoms with Crippen LogP contribution in [0.5, 0.6) is 11.5 Å². The average molecular weight is 569 g/mol. The predicted octanol–water partition coefficient (Wildman–Crippen LogP) is 6.23. The van der Waals surface area contributed by atoms with E-state index in [0.29, 0.717) is 28.4 Å². The number of nitrogens with zero attached hydrogens (tertiary/aromatic N) is 3. The second-order valence-electron chi connectivity index (χ2n) is 10.8. The third kappa shape index (κ3) is 5.25. The molecule has 2 heterocycles. The highest BCUT2D eigenvalue weighted by Crippen LogP contribution is 2.45. The number of amides is 2. The summed E-state index contributed by atoms with van der Waals surface area (Å²) in [5.41, 5.74) is 4.83. The molecule has 1 aliphatic rings. The van der Waals surface area contributed by atoms with Crippen LogP contribution in [0.4, 0.5) is 21.5 Å². The number of aromatic nitrogens is 1. The molecule has 0 fully saturated rings. The molecule has 0 atom stereocenters. The lowest BCUT2D eigenvalue weighted by molar-refractivity contribution is -0.121. The molecule has 9 heteroatoms. The van der Waals surface area contributed by atoms with Crippen LogP contribution >= 0.6 is 0 Å². The zero-order valence-electron chi connectivity index (χ0n) is 24.5. The van der Waals surface area contributed by atoms with Gasteiger partial charge in [-0.3, -0.25) is 14.6 Å². The Morgan fingerprint density at radius 2 is 1.74 bits per heavy atom. The molecule has 3 aromatic carbocycles. The molecule has 0 spiro atoms. The van der Waals surface area contributed by atoms with Gasteiger partial charge in [-0.2, -0.15) is 0 Å². The first-order valence-corrected chi connectivity index (χ1v) is 13.5. The van der Waals surface area contributed by atoms with E-state index in [1.165, 1.54) is 12.1 Å². The summed E-state index contributed by atoms with van der Waals surface area (Å²) in [5, 5.41) is 3.35. The lowest BCUT2D eigenvalue weighted by Crippen LogP contribution is -2.52. The van der Waals surface area contributed by atoms with E-state index in [2.05, 4.69) is 10.3 Å². The molecule has 1 N–H and O–H groups in total. The molecule has 216 valence electrons. The molecule has 1 aromatic heterocycles. The highest BCUT2D eigenvalue weighted by Gasteiger charge is 2.38. The maximum absolute atomic E-state index is 14.1. The average Bonchev–Trinajstić information content (AvgIpc) is 2.99. The Morgan fingerprint density at radius 3 is 2.45 bits per heavy atom. The fourth-order valence-electron chi connectivity index (χ4n) is 5.23. The number of methoxy groups -OCH3 is 1. The highest BCUT2D eigenvalue weighted by atomic mass is 19.1. The molecule has 0 unspecified atom stereocenters. The quantitative estimate of drug-likeness (QED) is 0.285. The van der Waals surface area contributed by atoms with Gasteiger partial charge in [0, 0.05) is 61.0 Å². The van der Waals surface area contributed by atoms with Crippen molar-refractivity contribution in [2.24, 2.45) is 0 Å². The summed E-state index contributed by atoms with van der Waals surface area (Å²) in [6, 6.07) is 17.1. The number of benzene rings is 3. The van der Waals surface area contributed by atoms with Gasteiger partial charge in [0.15, 0.2) is 0 Å². The zero-order chi connectivity index (χ0) is 30.2. The second-order valence-corrected chi connectivity index (χ2v) is 10.8. The number of hydrogen-bond donors (Lipinski definition) is 1. The third-order valence-corrected chi connectivity index (χ3v) is 7.52. The molecule has 0 aliphatic carbocycles. The molecule has 8 nitrogen and oxygen atoms in total. The minimum Gasteiger partial charge on any atom is -0.496 e. The van der Waals surface area contributed by atoms with Crippen molar-refractivity contribution in [2.75, 3.05) is 36.3 Å². The number of carbonyl (C=O) groups excluding carboxylic acids is 2. The van der Waals surface area contributed by atoms with E-state index < -0.39 is 11.4 Å². The van der Waals surface area contributed by atoms with Crippen molar-refractivity contribution in [3.63, 3.8) is 0 Å². The standard InChI is InChI=1S/C33H33FN4O4/c1-20-7-8-22(34)17-28(20)42-19-26-24(11-12-27-30(26)38(5)32(40)33(2,3)36-27)25-10-9-23(18-29(25)41-6)37(4)31(39)21-13-15-35-16-14-21/h7-18,36H,19H2,1-6H3. The Kier molecular flexibility index (Phi) is 7.60. The number of likely N-dealkylation sites (N-methyl/N-ethyl adjacent to an activating group) is 1. The molecule has 0 saturated carbocycles. The third-order valence-electron chi connectivity index (χ3n) is 7.52. The summed E-state index contributed by atoms with van der Waals surface area (Å²) >= 11 is 0. The SMILES string of the molecule is COc1cc(N(C)C(=O)c2ccncc2)ccc1-c1ccc2c(c1COc1cc(F)ccc1C)N(C)C(=O)C(C)(C)N2. The maximum Gasteiger partial charge on any atom is 0.258 e. The Hall–Kier alpha value is -4.92. The summed E-state index contributed by atoms with van der Waals surface area (Å²) in [7, 11) is 5.01. The van der Waals surface area contributed by atoms with Crippen molar-refractivity contribution in [2.45, 2.75) is 32.9 Å². The van der Waals surface area contributed by atoms with Crippen LogP contribution < -0.4 is 24.6 Å². The minimum atomic E-state index is -0.800. The van der Waals surface area contributed by atoms with Gasteiger partial charge in [-0.1, -0.05) is 12.1 Å². The van der Waals surface area contributed by atoms with E-state index in [-0.39, 0.29) is 18.4 Å². The minimum absolute atomic E-state index is 0.0634. The summed E-state index contributed by atoms with van der Waals surface area (Å²) in [6.07, 6.45) is 3.15. The van der Waals surface area contributed by atoms with E-state index in [9.17, 15) is 14.0 Å². The van der Waals surface area contributed by atoms with E-state index >= 15 is 0 Å². The van der Waals surface area contributed by atoms with Crippen molar-refractivity contribution < 1.29 is 23.5 Å². The number of rotatable bonds is 7. The van der Waals surface area contributed by atoms with Gasteiger partial charge in [0.25, 0.3) is 11.8 Å². The lowest BCUT2D eigenvalue weighted by Gasteiger charge is -2.39. The molecule has 0 radical (unpaired) electrons. The molecule has 42 heavy (non-hydrogen) atoms. The van der Waals surface area contributed by atoms with Gasteiger partial charge in [0.05, 0.1) is 18.5 Å².